The van der Waals surface area contributed by atoms with Gasteiger partial charge in [-0.2, -0.15) is 11.3 Å². The lowest BCUT2D eigenvalue weighted by molar-refractivity contribution is -0.121. The molecule has 0 fully saturated rings. The van der Waals surface area contributed by atoms with Crippen LogP contribution in [0.2, 0.25) is 0 Å². The fraction of sp³-hybridized carbons (Fsp3) is 0.158. The number of carbonyl (C=O) groups is 1. The highest BCUT2D eigenvalue weighted by atomic mass is 32.2. The van der Waals surface area contributed by atoms with Crippen LogP contribution in [-0.4, -0.2) is 25.9 Å². The quantitative estimate of drug-likeness (QED) is 0.588. The van der Waals surface area contributed by atoms with Crippen LogP contribution in [0, 0.1) is 5.82 Å². The normalized spacial score (nSPS) is 11.3. The molecule has 0 aliphatic rings. The van der Waals surface area contributed by atoms with Crippen LogP contribution in [0.3, 0.4) is 0 Å². The van der Waals surface area contributed by atoms with Gasteiger partial charge in [0.2, 0.25) is 15.9 Å². The number of carbonyl (C=O) groups excluding carboxylic acids is 1. The number of halogens is 1. The van der Waals surface area contributed by atoms with Crippen molar-refractivity contribution in [3.8, 4) is 11.3 Å². The van der Waals surface area contributed by atoms with Crippen molar-refractivity contribution in [2.24, 2.45) is 0 Å². The Labute approximate surface area is 166 Å². The Morgan fingerprint density at radius 3 is 2.75 bits per heavy atom. The average molecular weight is 420 g/mol. The van der Waals surface area contributed by atoms with Crippen LogP contribution in [0.5, 0.6) is 0 Å². The Bertz CT molecular complexity index is 1050. The standard InChI is InChI=1S/C19H18FN3O3S2/c20-16-3-1-2-4-18(16)28(25,26)23-9-6-19(24)22-12-14-5-8-21-17(11-14)15-7-10-27-13-15/h1-5,7-8,10-11,13,23H,6,9,12H2,(H,22,24). The first kappa shape index (κ1) is 20.1. The molecule has 0 spiro atoms. The Kier molecular flexibility index (Phi) is 6.50. The topological polar surface area (TPSA) is 88.2 Å². The number of nitrogens with zero attached hydrogens (tertiary/aromatic N) is 1. The highest BCUT2D eigenvalue weighted by molar-refractivity contribution is 7.89. The molecule has 3 aromatic rings. The highest BCUT2D eigenvalue weighted by Gasteiger charge is 2.18. The number of aromatic nitrogens is 1. The van der Waals surface area contributed by atoms with Crippen LogP contribution < -0.4 is 10.0 Å². The van der Waals surface area contributed by atoms with Gasteiger partial charge in [-0.1, -0.05) is 12.1 Å². The van der Waals surface area contributed by atoms with Gasteiger partial charge in [-0.05, 0) is 41.3 Å². The molecule has 1 aromatic carbocycles. The Balaban J connectivity index is 1.49. The van der Waals surface area contributed by atoms with E-state index in [0.717, 1.165) is 22.9 Å². The van der Waals surface area contributed by atoms with Gasteiger partial charge in [0.1, 0.15) is 10.7 Å². The van der Waals surface area contributed by atoms with Gasteiger partial charge in [0.15, 0.2) is 0 Å². The molecule has 0 aliphatic carbocycles. The molecule has 0 atom stereocenters. The molecule has 0 saturated heterocycles. The summed E-state index contributed by atoms with van der Waals surface area (Å²) >= 11 is 1.58. The van der Waals surface area contributed by atoms with Crippen LogP contribution in [0.15, 0.2) is 64.3 Å². The number of pyridine rings is 1. The van der Waals surface area contributed by atoms with Crippen LogP contribution in [0.4, 0.5) is 4.39 Å². The molecule has 0 aliphatic heterocycles. The first-order valence-corrected chi connectivity index (χ1v) is 10.9. The van der Waals surface area contributed by atoms with Gasteiger partial charge in [-0.15, -0.1) is 0 Å². The van der Waals surface area contributed by atoms with Crippen LogP contribution >= 0.6 is 11.3 Å². The molecule has 0 saturated carbocycles. The monoisotopic (exact) mass is 419 g/mol. The predicted octanol–water partition coefficient (Wildman–Crippen LogP) is 2.93. The number of thiophene rings is 1. The predicted molar refractivity (Wildman–Crippen MR) is 106 cm³/mol. The lowest BCUT2D eigenvalue weighted by Crippen LogP contribution is -2.31. The summed E-state index contributed by atoms with van der Waals surface area (Å²) in [5.41, 5.74) is 2.72. The van der Waals surface area contributed by atoms with Gasteiger partial charge < -0.3 is 5.32 Å². The number of benzene rings is 1. The van der Waals surface area contributed by atoms with Crippen LogP contribution in [0.25, 0.3) is 11.3 Å². The third-order valence-electron chi connectivity index (χ3n) is 3.90. The van der Waals surface area contributed by atoms with E-state index >= 15 is 0 Å². The number of rotatable bonds is 8. The number of hydrogen-bond acceptors (Lipinski definition) is 5. The number of amides is 1. The summed E-state index contributed by atoms with van der Waals surface area (Å²) in [5, 5.41) is 6.69. The summed E-state index contributed by atoms with van der Waals surface area (Å²) < 4.78 is 40.0. The van der Waals surface area contributed by atoms with E-state index in [0.29, 0.717) is 6.54 Å². The van der Waals surface area contributed by atoms with E-state index in [-0.39, 0.29) is 18.9 Å². The Morgan fingerprint density at radius 1 is 1.18 bits per heavy atom. The van der Waals surface area contributed by atoms with Crippen molar-refractivity contribution in [2.45, 2.75) is 17.9 Å². The van der Waals surface area contributed by atoms with Crippen molar-refractivity contribution in [1.82, 2.24) is 15.0 Å². The van der Waals surface area contributed by atoms with E-state index < -0.39 is 20.7 Å². The number of nitrogens with one attached hydrogen (secondary N) is 2. The number of hydrogen-bond donors (Lipinski definition) is 2. The third-order valence-corrected chi connectivity index (χ3v) is 6.08. The van der Waals surface area contributed by atoms with Crippen LogP contribution in [0.1, 0.15) is 12.0 Å². The molecule has 2 aromatic heterocycles. The summed E-state index contributed by atoms with van der Waals surface area (Å²) in [4.78, 5) is 15.9. The van der Waals surface area contributed by atoms with Crippen molar-refractivity contribution in [1.29, 1.82) is 0 Å². The largest absolute Gasteiger partial charge is 0.352 e. The summed E-state index contributed by atoms with van der Waals surface area (Å²) in [6.45, 7) is 0.178. The maximum atomic E-state index is 13.6. The minimum atomic E-state index is -4.00. The van der Waals surface area contributed by atoms with E-state index in [1.165, 1.54) is 18.2 Å². The fourth-order valence-corrected chi connectivity index (χ4v) is 4.24. The van der Waals surface area contributed by atoms with Crippen molar-refractivity contribution >= 4 is 27.3 Å². The molecule has 146 valence electrons. The zero-order chi connectivity index (χ0) is 20.0. The van der Waals surface area contributed by atoms with Gasteiger partial charge in [0, 0.05) is 36.7 Å². The lowest BCUT2D eigenvalue weighted by atomic mass is 10.1. The molecule has 6 nitrogen and oxygen atoms in total. The van der Waals surface area contributed by atoms with Crippen molar-refractivity contribution in [2.75, 3.05) is 6.54 Å². The van der Waals surface area contributed by atoms with Gasteiger partial charge in [0.05, 0.1) is 5.69 Å². The van der Waals surface area contributed by atoms with Crippen molar-refractivity contribution in [3.63, 3.8) is 0 Å². The average Bonchev–Trinajstić information content (AvgIpc) is 3.21. The zero-order valence-electron chi connectivity index (χ0n) is 14.8. The van der Waals surface area contributed by atoms with Crippen molar-refractivity contribution in [3.05, 3.63) is 70.8 Å². The smallest absolute Gasteiger partial charge is 0.243 e. The summed E-state index contributed by atoms with van der Waals surface area (Å²) in [6, 6.07) is 10.7. The second-order valence-electron chi connectivity index (χ2n) is 5.92. The Hall–Kier alpha value is -2.62. The molecule has 1 amide bonds. The first-order valence-electron chi connectivity index (χ1n) is 8.44. The summed E-state index contributed by atoms with van der Waals surface area (Å²) in [5.74, 6) is -1.15. The van der Waals surface area contributed by atoms with Crippen LogP contribution in [-0.2, 0) is 21.4 Å². The molecule has 2 heterocycles. The van der Waals surface area contributed by atoms with Gasteiger partial charge >= 0.3 is 0 Å². The molecule has 9 heteroatoms. The van der Waals surface area contributed by atoms with Crippen molar-refractivity contribution < 1.29 is 17.6 Å². The minimum Gasteiger partial charge on any atom is -0.352 e. The fourth-order valence-electron chi connectivity index (χ4n) is 2.48. The first-order chi connectivity index (χ1) is 13.5. The second-order valence-corrected chi connectivity index (χ2v) is 8.43. The Morgan fingerprint density at radius 2 is 2.00 bits per heavy atom. The molecular formula is C19H18FN3O3S2. The molecule has 0 bridgehead atoms. The minimum absolute atomic E-state index is 0.0594. The molecule has 2 N–H and O–H groups in total. The molecule has 28 heavy (non-hydrogen) atoms. The van der Waals surface area contributed by atoms with Gasteiger partial charge in [-0.3, -0.25) is 9.78 Å². The van der Waals surface area contributed by atoms with E-state index in [1.54, 1.807) is 23.6 Å². The molecular weight excluding hydrogens is 401 g/mol. The highest BCUT2D eigenvalue weighted by Crippen LogP contribution is 2.20. The third kappa shape index (κ3) is 5.22. The lowest BCUT2D eigenvalue weighted by Gasteiger charge is -2.09. The van der Waals surface area contributed by atoms with Gasteiger partial charge in [-0.25, -0.2) is 17.5 Å². The van der Waals surface area contributed by atoms with Gasteiger partial charge in [0.25, 0.3) is 0 Å². The summed E-state index contributed by atoms with van der Waals surface area (Å²) in [6.07, 6.45) is 1.62. The SMILES string of the molecule is O=C(CCNS(=O)(=O)c1ccccc1F)NCc1ccnc(-c2ccsc2)c1. The second kappa shape index (κ2) is 9.05. The number of sulfonamides is 1. The summed E-state index contributed by atoms with van der Waals surface area (Å²) in [7, 11) is -4.00. The maximum absolute atomic E-state index is 13.6. The van der Waals surface area contributed by atoms with E-state index in [1.807, 2.05) is 22.9 Å². The zero-order valence-corrected chi connectivity index (χ0v) is 16.4. The van der Waals surface area contributed by atoms with E-state index in [9.17, 15) is 17.6 Å². The molecule has 0 radical (unpaired) electrons. The maximum Gasteiger partial charge on any atom is 0.243 e. The van der Waals surface area contributed by atoms with E-state index in [4.69, 9.17) is 0 Å². The molecule has 3 rings (SSSR count). The molecule has 0 unspecified atom stereocenters. The van der Waals surface area contributed by atoms with E-state index in [2.05, 4.69) is 15.0 Å².